The molecule has 0 aliphatic carbocycles. The Labute approximate surface area is 140 Å². The van der Waals surface area contributed by atoms with Crippen LogP contribution in [-0.2, 0) is 11.2 Å². The number of amides is 1. The number of benzene rings is 2. The fraction of sp³-hybridized carbons (Fsp3) is 0.263. The number of ether oxygens (including phenoxy) is 1. The van der Waals surface area contributed by atoms with Gasteiger partial charge < -0.3 is 15.2 Å². The molecule has 2 aromatic rings. The number of carbonyl (C=O) groups excluding carboxylic acids is 1. The summed E-state index contributed by atoms with van der Waals surface area (Å²) in [5.74, 6) is -0.130. The summed E-state index contributed by atoms with van der Waals surface area (Å²) in [5.41, 5.74) is 2.22. The molecule has 3 rings (SSSR count). The van der Waals surface area contributed by atoms with Crippen LogP contribution in [0.3, 0.4) is 0 Å². The Bertz CT molecular complexity index is 739. The van der Waals surface area contributed by atoms with E-state index in [-0.39, 0.29) is 17.5 Å². The lowest BCUT2D eigenvalue weighted by Crippen LogP contribution is -2.32. The molecule has 1 atom stereocenters. The predicted molar refractivity (Wildman–Crippen MR) is 89.2 cm³/mol. The molecule has 24 heavy (non-hydrogen) atoms. The monoisotopic (exact) mass is 325 g/mol. The highest BCUT2D eigenvalue weighted by molar-refractivity contribution is 5.87. The van der Waals surface area contributed by atoms with E-state index in [1.165, 1.54) is 0 Å². The van der Waals surface area contributed by atoms with Gasteiger partial charge in [-0.1, -0.05) is 30.3 Å². The van der Waals surface area contributed by atoms with Gasteiger partial charge in [-0.25, -0.2) is 4.79 Å². The second-order valence-electron chi connectivity index (χ2n) is 5.80. The summed E-state index contributed by atoms with van der Waals surface area (Å²) in [6.45, 7) is 0.596. The van der Waals surface area contributed by atoms with Crippen LogP contribution < -0.4 is 10.1 Å². The van der Waals surface area contributed by atoms with Gasteiger partial charge in [0, 0.05) is 18.4 Å². The van der Waals surface area contributed by atoms with E-state index in [2.05, 4.69) is 5.32 Å². The van der Waals surface area contributed by atoms with Crippen molar-refractivity contribution in [1.29, 1.82) is 0 Å². The standard InChI is InChI=1S/C19H19NO4/c21-18(10-7-13-5-8-14(9-6-13)19(22)23)20-16-11-12-24-17-4-2-1-3-15(16)17/h1-6,8-9,16H,7,10-12H2,(H,20,21)(H,22,23)/t16-/m0/s1. The van der Waals surface area contributed by atoms with Crippen molar-refractivity contribution in [3.05, 3.63) is 65.2 Å². The Kier molecular flexibility index (Phi) is 4.79. The molecule has 2 aromatic carbocycles. The number of aromatic carboxylic acids is 1. The van der Waals surface area contributed by atoms with Crippen molar-refractivity contribution in [1.82, 2.24) is 5.32 Å². The van der Waals surface area contributed by atoms with Crippen LogP contribution in [0.15, 0.2) is 48.5 Å². The Morgan fingerprint density at radius 3 is 2.62 bits per heavy atom. The number of carboxylic acid groups (broad SMARTS) is 1. The third kappa shape index (κ3) is 3.74. The summed E-state index contributed by atoms with van der Waals surface area (Å²) in [5, 5.41) is 11.9. The molecule has 1 heterocycles. The number of fused-ring (bicyclic) bond motifs is 1. The molecule has 2 N–H and O–H groups in total. The largest absolute Gasteiger partial charge is 0.493 e. The van der Waals surface area contributed by atoms with Crippen molar-refractivity contribution in [3.8, 4) is 5.75 Å². The van der Waals surface area contributed by atoms with Crippen LogP contribution in [0.2, 0.25) is 0 Å². The third-order valence-electron chi connectivity index (χ3n) is 4.14. The number of aryl methyl sites for hydroxylation is 1. The summed E-state index contributed by atoms with van der Waals surface area (Å²) < 4.78 is 5.60. The predicted octanol–water partition coefficient (Wildman–Crippen LogP) is 2.96. The second kappa shape index (κ2) is 7.17. The summed E-state index contributed by atoms with van der Waals surface area (Å²) >= 11 is 0. The molecular formula is C19H19NO4. The zero-order chi connectivity index (χ0) is 16.9. The molecule has 0 fully saturated rings. The zero-order valence-corrected chi connectivity index (χ0v) is 13.2. The smallest absolute Gasteiger partial charge is 0.335 e. The highest BCUT2D eigenvalue weighted by Gasteiger charge is 2.22. The van der Waals surface area contributed by atoms with Gasteiger partial charge in [-0.3, -0.25) is 4.79 Å². The molecule has 5 nitrogen and oxygen atoms in total. The van der Waals surface area contributed by atoms with Crippen LogP contribution in [0.5, 0.6) is 5.75 Å². The minimum Gasteiger partial charge on any atom is -0.493 e. The Balaban J connectivity index is 1.56. The average molecular weight is 325 g/mol. The van der Waals surface area contributed by atoms with E-state index in [0.29, 0.717) is 19.4 Å². The number of para-hydroxylation sites is 1. The highest BCUT2D eigenvalue weighted by atomic mass is 16.5. The number of rotatable bonds is 5. The molecule has 5 heteroatoms. The molecule has 0 unspecified atom stereocenters. The molecule has 0 saturated carbocycles. The Morgan fingerprint density at radius 2 is 1.88 bits per heavy atom. The van der Waals surface area contributed by atoms with E-state index in [1.807, 2.05) is 24.3 Å². The first-order chi connectivity index (χ1) is 11.6. The molecule has 1 aliphatic heterocycles. The van der Waals surface area contributed by atoms with Gasteiger partial charge >= 0.3 is 5.97 Å². The Morgan fingerprint density at radius 1 is 1.12 bits per heavy atom. The first-order valence-corrected chi connectivity index (χ1v) is 7.97. The van der Waals surface area contributed by atoms with E-state index >= 15 is 0 Å². The molecule has 124 valence electrons. The van der Waals surface area contributed by atoms with E-state index in [9.17, 15) is 9.59 Å². The van der Waals surface area contributed by atoms with Gasteiger partial charge in [0.25, 0.3) is 0 Å². The van der Waals surface area contributed by atoms with Gasteiger partial charge in [-0.2, -0.15) is 0 Å². The number of hydrogen-bond acceptors (Lipinski definition) is 3. The lowest BCUT2D eigenvalue weighted by molar-refractivity contribution is -0.122. The van der Waals surface area contributed by atoms with Crippen molar-refractivity contribution in [2.45, 2.75) is 25.3 Å². The summed E-state index contributed by atoms with van der Waals surface area (Å²) in [7, 11) is 0. The maximum atomic E-state index is 12.2. The van der Waals surface area contributed by atoms with Crippen LogP contribution in [0, 0.1) is 0 Å². The molecule has 0 bridgehead atoms. The second-order valence-corrected chi connectivity index (χ2v) is 5.80. The number of carboxylic acids is 1. The minimum atomic E-state index is -0.947. The highest BCUT2D eigenvalue weighted by Crippen LogP contribution is 2.31. The fourth-order valence-corrected chi connectivity index (χ4v) is 2.83. The van der Waals surface area contributed by atoms with E-state index in [1.54, 1.807) is 24.3 Å². The average Bonchev–Trinajstić information content (AvgIpc) is 2.61. The molecular weight excluding hydrogens is 306 g/mol. The van der Waals surface area contributed by atoms with Gasteiger partial charge in [0.05, 0.1) is 18.2 Å². The van der Waals surface area contributed by atoms with Crippen LogP contribution >= 0.6 is 0 Å². The quantitative estimate of drug-likeness (QED) is 0.886. The van der Waals surface area contributed by atoms with E-state index in [0.717, 1.165) is 23.3 Å². The van der Waals surface area contributed by atoms with Crippen molar-refractivity contribution in [3.63, 3.8) is 0 Å². The first-order valence-electron chi connectivity index (χ1n) is 7.97. The van der Waals surface area contributed by atoms with Crippen LogP contribution in [0.25, 0.3) is 0 Å². The maximum Gasteiger partial charge on any atom is 0.335 e. The molecule has 1 aliphatic rings. The van der Waals surface area contributed by atoms with Crippen LogP contribution in [0.4, 0.5) is 0 Å². The molecule has 0 aromatic heterocycles. The fourth-order valence-electron chi connectivity index (χ4n) is 2.83. The van der Waals surface area contributed by atoms with Crippen molar-refractivity contribution < 1.29 is 19.4 Å². The lowest BCUT2D eigenvalue weighted by Gasteiger charge is -2.26. The van der Waals surface area contributed by atoms with E-state index < -0.39 is 5.97 Å². The van der Waals surface area contributed by atoms with Crippen molar-refractivity contribution in [2.24, 2.45) is 0 Å². The number of carbonyl (C=O) groups is 2. The SMILES string of the molecule is O=C(CCc1ccc(C(=O)O)cc1)N[C@H]1CCOc2ccccc21. The van der Waals surface area contributed by atoms with Gasteiger partial charge in [0.15, 0.2) is 0 Å². The third-order valence-corrected chi connectivity index (χ3v) is 4.14. The van der Waals surface area contributed by atoms with Crippen LogP contribution in [-0.4, -0.2) is 23.6 Å². The number of hydrogen-bond donors (Lipinski definition) is 2. The van der Waals surface area contributed by atoms with Gasteiger partial charge in [-0.05, 0) is 30.2 Å². The molecule has 0 saturated heterocycles. The van der Waals surface area contributed by atoms with E-state index in [4.69, 9.17) is 9.84 Å². The van der Waals surface area contributed by atoms with Crippen LogP contribution in [0.1, 0.15) is 40.4 Å². The molecule has 0 radical (unpaired) electrons. The lowest BCUT2D eigenvalue weighted by atomic mass is 10.00. The number of nitrogens with one attached hydrogen (secondary N) is 1. The normalized spacial score (nSPS) is 15.9. The summed E-state index contributed by atoms with van der Waals surface area (Å²) in [4.78, 5) is 23.0. The summed E-state index contributed by atoms with van der Waals surface area (Å²) in [6.07, 6.45) is 1.71. The van der Waals surface area contributed by atoms with Gasteiger partial charge in [-0.15, -0.1) is 0 Å². The maximum absolute atomic E-state index is 12.2. The summed E-state index contributed by atoms with van der Waals surface area (Å²) in [6, 6.07) is 14.4. The zero-order valence-electron chi connectivity index (χ0n) is 13.2. The van der Waals surface area contributed by atoms with Gasteiger partial charge in [0.2, 0.25) is 5.91 Å². The van der Waals surface area contributed by atoms with Gasteiger partial charge in [0.1, 0.15) is 5.75 Å². The van der Waals surface area contributed by atoms with Crippen molar-refractivity contribution in [2.75, 3.05) is 6.61 Å². The minimum absolute atomic E-state index is 0.0148. The Hall–Kier alpha value is -2.82. The van der Waals surface area contributed by atoms with Crippen molar-refractivity contribution >= 4 is 11.9 Å². The molecule has 1 amide bonds. The molecule has 0 spiro atoms. The topological polar surface area (TPSA) is 75.6 Å². The first kappa shape index (κ1) is 16.1.